The molecule has 118 valence electrons. The molecular weight excluding hydrogens is 282 g/mol. The first-order valence-corrected chi connectivity index (χ1v) is 7.26. The van der Waals surface area contributed by atoms with Gasteiger partial charge in [-0.1, -0.05) is 25.5 Å². The average molecular weight is 303 g/mol. The summed E-state index contributed by atoms with van der Waals surface area (Å²) in [5.41, 5.74) is 7.13. The molecule has 2 aromatic rings. The smallest absolute Gasteiger partial charge is 0.273 e. The van der Waals surface area contributed by atoms with Gasteiger partial charge in [-0.3, -0.25) is 4.79 Å². The minimum Gasteiger partial charge on any atom is -0.497 e. The minimum absolute atomic E-state index is 0.245. The Morgan fingerprint density at radius 1 is 1.41 bits per heavy atom. The Hall–Kier alpha value is -2.34. The largest absolute Gasteiger partial charge is 0.497 e. The maximum atomic E-state index is 12.0. The van der Waals surface area contributed by atoms with Gasteiger partial charge in [-0.2, -0.15) is 0 Å². The Kier molecular flexibility index (Phi) is 5.55. The summed E-state index contributed by atoms with van der Waals surface area (Å²) in [4.78, 5) is 16.2. The number of benzene rings is 1. The third kappa shape index (κ3) is 4.08. The molecule has 1 aromatic heterocycles. The van der Waals surface area contributed by atoms with Gasteiger partial charge < -0.3 is 20.2 Å². The van der Waals surface area contributed by atoms with Gasteiger partial charge in [0.15, 0.2) is 5.69 Å². The van der Waals surface area contributed by atoms with Crippen molar-refractivity contribution in [2.45, 2.75) is 32.4 Å². The van der Waals surface area contributed by atoms with E-state index in [-0.39, 0.29) is 17.6 Å². The van der Waals surface area contributed by atoms with E-state index in [1.165, 1.54) is 6.26 Å². The van der Waals surface area contributed by atoms with Gasteiger partial charge in [0.25, 0.3) is 5.91 Å². The van der Waals surface area contributed by atoms with Crippen LogP contribution in [0.2, 0.25) is 0 Å². The number of carbonyl (C=O) groups is 1. The minimum atomic E-state index is -0.283. The zero-order valence-electron chi connectivity index (χ0n) is 12.8. The van der Waals surface area contributed by atoms with Crippen LogP contribution in [-0.4, -0.2) is 18.0 Å². The molecule has 0 saturated carbocycles. The van der Waals surface area contributed by atoms with Crippen molar-refractivity contribution in [3.63, 3.8) is 0 Å². The molecule has 6 nitrogen and oxygen atoms in total. The van der Waals surface area contributed by atoms with Crippen molar-refractivity contribution in [2.24, 2.45) is 5.73 Å². The molecule has 0 aliphatic carbocycles. The third-order valence-corrected chi connectivity index (χ3v) is 3.28. The van der Waals surface area contributed by atoms with Crippen LogP contribution in [-0.2, 0) is 6.54 Å². The molecule has 0 bridgehead atoms. The van der Waals surface area contributed by atoms with E-state index in [0.717, 1.165) is 24.2 Å². The fraction of sp³-hybridized carbons (Fsp3) is 0.375. The SMILES string of the molecule is CCCC(N)c1nc(C(=O)NCc2ccc(OC)cc2)co1. The lowest BCUT2D eigenvalue weighted by Crippen LogP contribution is -2.23. The highest BCUT2D eigenvalue weighted by atomic mass is 16.5. The van der Waals surface area contributed by atoms with E-state index >= 15 is 0 Å². The molecule has 1 amide bonds. The maximum absolute atomic E-state index is 12.0. The standard InChI is InChI=1S/C16H21N3O3/c1-3-4-13(17)16-19-14(10-22-16)15(20)18-9-11-5-7-12(21-2)8-6-11/h5-8,10,13H,3-4,9,17H2,1-2H3,(H,18,20). The zero-order chi connectivity index (χ0) is 15.9. The molecule has 0 fully saturated rings. The lowest BCUT2D eigenvalue weighted by Gasteiger charge is -2.05. The number of oxazole rings is 1. The number of aromatic nitrogens is 1. The number of rotatable bonds is 7. The van der Waals surface area contributed by atoms with Crippen molar-refractivity contribution >= 4 is 5.91 Å². The molecule has 6 heteroatoms. The quantitative estimate of drug-likeness (QED) is 0.819. The lowest BCUT2D eigenvalue weighted by atomic mass is 10.2. The second-order valence-electron chi connectivity index (χ2n) is 5.00. The summed E-state index contributed by atoms with van der Waals surface area (Å²) in [6.45, 7) is 2.44. The Morgan fingerprint density at radius 2 is 2.14 bits per heavy atom. The monoisotopic (exact) mass is 303 g/mol. The number of methoxy groups -OCH3 is 1. The van der Waals surface area contributed by atoms with Gasteiger partial charge in [0.05, 0.1) is 13.2 Å². The first kappa shape index (κ1) is 16.0. The number of hydrogen-bond acceptors (Lipinski definition) is 5. The molecule has 1 atom stereocenters. The lowest BCUT2D eigenvalue weighted by molar-refractivity contribution is 0.0946. The Morgan fingerprint density at radius 3 is 2.77 bits per heavy atom. The fourth-order valence-corrected chi connectivity index (χ4v) is 2.01. The van der Waals surface area contributed by atoms with Gasteiger partial charge in [-0.05, 0) is 24.1 Å². The Labute approximate surface area is 129 Å². The molecule has 1 heterocycles. The highest BCUT2D eigenvalue weighted by Gasteiger charge is 2.16. The van der Waals surface area contributed by atoms with Crippen LogP contribution in [0.3, 0.4) is 0 Å². The molecule has 0 spiro atoms. The molecule has 0 radical (unpaired) electrons. The molecule has 0 saturated heterocycles. The van der Waals surface area contributed by atoms with Gasteiger partial charge in [-0.25, -0.2) is 4.98 Å². The van der Waals surface area contributed by atoms with Crippen molar-refractivity contribution in [2.75, 3.05) is 7.11 Å². The van der Waals surface area contributed by atoms with E-state index in [9.17, 15) is 4.79 Å². The summed E-state index contributed by atoms with van der Waals surface area (Å²) in [6, 6.07) is 7.21. The summed E-state index contributed by atoms with van der Waals surface area (Å²) in [5.74, 6) is 0.895. The van der Waals surface area contributed by atoms with E-state index in [1.807, 2.05) is 31.2 Å². The van der Waals surface area contributed by atoms with E-state index in [0.29, 0.717) is 12.4 Å². The zero-order valence-corrected chi connectivity index (χ0v) is 12.8. The summed E-state index contributed by atoms with van der Waals surface area (Å²) >= 11 is 0. The number of hydrogen-bond donors (Lipinski definition) is 2. The summed E-state index contributed by atoms with van der Waals surface area (Å²) in [5, 5.41) is 2.79. The molecule has 1 aromatic carbocycles. The number of amides is 1. The van der Waals surface area contributed by atoms with E-state index in [1.54, 1.807) is 7.11 Å². The van der Waals surface area contributed by atoms with Crippen molar-refractivity contribution in [3.8, 4) is 5.75 Å². The summed E-state index contributed by atoms with van der Waals surface area (Å²) in [6.07, 6.45) is 3.05. The van der Waals surface area contributed by atoms with Crippen LogP contribution >= 0.6 is 0 Å². The first-order valence-electron chi connectivity index (χ1n) is 7.26. The predicted octanol–water partition coefficient (Wildman–Crippen LogP) is 2.41. The van der Waals surface area contributed by atoms with Crippen LogP contribution in [0.5, 0.6) is 5.75 Å². The van der Waals surface area contributed by atoms with Crippen LogP contribution in [0.4, 0.5) is 0 Å². The fourth-order valence-electron chi connectivity index (χ4n) is 2.01. The van der Waals surface area contributed by atoms with Crippen molar-refractivity contribution < 1.29 is 13.9 Å². The van der Waals surface area contributed by atoms with Crippen LogP contribution < -0.4 is 15.8 Å². The second-order valence-corrected chi connectivity index (χ2v) is 5.00. The van der Waals surface area contributed by atoms with Crippen LogP contribution in [0.15, 0.2) is 34.9 Å². The van der Waals surface area contributed by atoms with Gasteiger partial charge in [-0.15, -0.1) is 0 Å². The third-order valence-electron chi connectivity index (χ3n) is 3.28. The molecule has 0 aliphatic rings. The van der Waals surface area contributed by atoms with Crippen LogP contribution in [0.1, 0.15) is 47.7 Å². The molecule has 22 heavy (non-hydrogen) atoms. The topological polar surface area (TPSA) is 90.4 Å². The molecule has 3 N–H and O–H groups in total. The summed E-state index contributed by atoms with van der Waals surface area (Å²) < 4.78 is 10.4. The second kappa shape index (κ2) is 7.61. The van der Waals surface area contributed by atoms with E-state index in [4.69, 9.17) is 14.9 Å². The Bertz CT molecular complexity index is 607. The summed E-state index contributed by atoms with van der Waals surface area (Å²) in [7, 11) is 1.61. The van der Waals surface area contributed by atoms with Crippen LogP contribution in [0.25, 0.3) is 0 Å². The van der Waals surface area contributed by atoms with E-state index in [2.05, 4.69) is 10.3 Å². The highest BCUT2D eigenvalue weighted by molar-refractivity contribution is 5.91. The Balaban J connectivity index is 1.91. The van der Waals surface area contributed by atoms with Crippen LogP contribution in [0, 0.1) is 0 Å². The number of nitrogens with two attached hydrogens (primary N) is 1. The molecular formula is C16H21N3O3. The maximum Gasteiger partial charge on any atom is 0.273 e. The first-order chi connectivity index (χ1) is 10.6. The number of nitrogens with one attached hydrogen (secondary N) is 1. The average Bonchev–Trinajstić information content (AvgIpc) is 3.03. The van der Waals surface area contributed by atoms with Crippen molar-refractivity contribution in [3.05, 3.63) is 47.7 Å². The normalized spacial score (nSPS) is 12.0. The number of carbonyl (C=O) groups excluding carboxylic acids is 1. The van der Waals surface area contributed by atoms with Gasteiger partial charge in [0, 0.05) is 6.54 Å². The van der Waals surface area contributed by atoms with Gasteiger partial charge >= 0.3 is 0 Å². The predicted molar refractivity (Wildman–Crippen MR) is 82.5 cm³/mol. The van der Waals surface area contributed by atoms with Crippen molar-refractivity contribution in [1.29, 1.82) is 0 Å². The van der Waals surface area contributed by atoms with Crippen molar-refractivity contribution in [1.82, 2.24) is 10.3 Å². The molecule has 0 aliphatic heterocycles. The number of ether oxygens (including phenoxy) is 1. The molecule has 1 unspecified atom stereocenters. The highest BCUT2D eigenvalue weighted by Crippen LogP contribution is 2.15. The number of nitrogens with zero attached hydrogens (tertiary/aromatic N) is 1. The van der Waals surface area contributed by atoms with E-state index < -0.39 is 0 Å². The van der Waals surface area contributed by atoms with Gasteiger partial charge in [0.1, 0.15) is 12.0 Å². The van der Waals surface area contributed by atoms with Gasteiger partial charge in [0.2, 0.25) is 5.89 Å². The molecule has 2 rings (SSSR count).